The molecule has 1 rings (SSSR count). The lowest BCUT2D eigenvalue weighted by molar-refractivity contribution is 0.647. The lowest BCUT2D eigenvalue weighted by Gasteiger charge is -2.06. The molecular formula is C14H14. The maximum Gasteiger partial charge on any atom is 0.0257 e. The smallest absolute Gasteiger partial charge is 0.0257 e. The van der Waals surface area contributed by atoms with Crippen LogP contribution in [0.3, 0.4) is 0 Å². The standard InChI is InChI=1S/C14H14/c1-5-12-8-13(6-2)10-14(9-12)7-11(3)4/h1-2,8-11H,7H2,3-4H3. The van der Waals surface area contributed by atoms with Gasteiger partial charge in [-0.2, -0.15) is 0 Å². The fourth-order valence-corrected chi connectivity index (χ4v) is 1.45. The van der Waals surface area contributed by atoms with E-state index in [1.165, 1.54) is 5.56 Å². The quantitative estimate of drug-likeness (QED) is 0.617. The minimum absolute atomic E-state index is 0.619. The topological polar surface area (TPSA) is 0 Å². The molecule has 0 heteroatoms. The Morgan fingerprint density at radius 1 is 1.07 bits per heavy atom. The molecule has 0 spiro atoms. The Labute approximate surface area is 86.3 Å². The van der Waals surface area contributed by atoms with Crippen LogP contribution >= 0.6 is 0 Å². The summed E-state index contributed by atoms with van der Waals surface area (Å²) < 4.78 is 0. The number of rotatable bonds is 2. The van der Waals surface area contributed by atoms with E-state index in [-0.39, 0.29) is 0 Å². The van der Waals surface area contributed by atoms with Crippen molar-refractivity contribution in [2.24, 2.45) is 5.92 Å². The monoisotopic (exact) mass is 182 g/mol. The Morgan fingerprint density at radius 2 is 1.57 bits per heavy atom. The van der Waals surface area contributed by atoms with Crippen molar-refractivity contribution in [3.05, 3.63) is 34.9 Å². The summed E-state index contributed by atoms with van der Waals surface area (Å²) in [6.07, 6.45) is 11.7. The zero-order valence-corrected chi connectivity index (χ0v) is 8.67. The van der Waals surface area contributed by atoms with Crippen molar-refractivity contribution < 1.29 is 0 Å². The Morgan fingerprint density at radius 3 is 1.93 bits per heavy atom. The summed E-state index contributed by atoms with van der Waals surface area (Å²) in [6, 6.07) is 5.92. The molecule has 0 bridgehead atoms. The molecule has 0 heterocycles. The lowest BCUT2D eigenvalue weighted by Crippen LogP contribution is -1.95. The number of benzene rings is 1. The summed E-state index contributed by atoms with van der Waals surface area (Å²) in [6.45, 7) is 4.36. The van der Waals surface area contributed by atoms with Gasteiger partial charge in [0.1, 0.15) is 0 Å². The van der Waals surface area contributed by atoms with Crippen LogP contribution in [0.4, 0.5) is 0 Å². The van der Waals surface area contributed by atoms with Crippen LogP contribution in [-0.2, 0) is 6.42 Å². The van der Waals surface area contributed by atoms with Crippen LogP contribution in [-0.4, -0.2) is 0 Å². The SMILES string of the molecule is C#Cc1cc(C#C)cc(CC(C)C)c1. The summed E-state index contributed by atoms with van der Waals surface area (Å²) >= 11 is 0. The molecule has 0 saturated heterocycles. The van der Waals surface area contributed by atoms with Crippen LogP contribution in [0.15, 0.2) is 18.2 Å². The van der Waals surface area contributed by atoms with Gasteiger partial charge in [-0.15, -0.1) is 12.8 Å². The molecule has 0 fully saturated rings. The van der Waals surface area contributed by atoms with Crippen molar-refractivity contribution in [2.45, 2.75) is 20.3 Å². The highest BCUT2D eigenvalue weighted by Gasteiger charge is 2.00. The van der Waals surface area contributed by atoms with Crippen molar-refractivity contribution in [1.82, 2.24) is 0 Å². The van der Waals surface area contributed by atoms with Gasteiger partial charge in [-0.25, -0.2) is 0 Å². The maximum absolute atomic E-state index is 5.35. The molecule has 0 radical (unpaired) electrons. The van der Waals surface area contributed by atoms with Gasteiger partial charge in [0.25, 0.3) is 0 Å². The Balaban J connectivity index is 3.08. The number of hydrogen-bond donors (Lipinski definition) is 0. The first-order chi connectivity index (χ1) is 6.65. The summed E-state index contributed by atoms with van der Waals surface area (Å²) in [5.41, 5.74) is 2.97. The van der Waals surface area contributed by atoms with Crippen LogP contribution in [0, 0.1) is 30.6 Å². The third-order valence-electron chi connectivity index (χ3n) is 1.97. The molecule has 0 aliphatic carbocycles. The lowest BCUT2D eigenvalue weighted by atomic mass is 9.99. The highest BCUT2D eigenvalue weighted by atomic mass is 14.0. The second-order valence-electron chi connectivity index (χ2n) is 3.81. The maximum atomic E-state index is 5.35. The Bertz CT molecular complexity index is 365. The molecule has 0 aliphatic heterocycles. The van der Waals surface area contributed by atoms with Crippen LogP contribution < -0.4 is 0 Å². The molecule has 0 nitrogen and oxygen atoms in total. The minimum Gasteiger partial charge on any atom is -0.115 e. The van der Waals surface area contributed by atoms with E-state index in [2.05, 4.69) is 25.7 Å². The van der Waals surface area contributed by atoms with Gasteiger partial charge in [0.15, 0.2) is 0 Å². The fraction of sp³-hybridized carbons (Fsp3) is 0.286. The van der Waals surface area contributed by atoms with Gasteiger partial charge in [0, 0.05) is 11.1 Å². The molecule has 70 valence electrons. The highest BCUT2D eigenvalue weighted by Crippen LogP contribution is 2.13. The predicted molar refractivity (Wildman–Crippen MR) is 60.9 cm³/mol. The van der Waals surface area contributed by atoms with Gasteiger partial charge < -0.3 is 0 Å². The fourth-order valence-electron chi connectivity index (χ4n) is 1.45. The molecule has 1 aromatic rings. The number of terminal acetylenes is 2. The average Bonchev–Trinajstić information content (AvgIpc) is 2.16. The molecule has 0 aromatic heterocycles. The van der Waals surface area contributed by atoms with Crippen LogP contribution in [0.5, 0.6) is 0 Å². The molecule has 0 N–H and O–H groups in total. The molecule has 14 heavy (non-hydrogen) atoms. The third kappa shape index (κ3) is 2.68. The van der Waals surface area contributed by atoms with E-state index in [1.807, 2.05) is 18.2 Å². The minimum atomic E-state index is 0.619. The largest absolute Gasteiger partial charge is 0.115 e. The zero-order chi connectivity index (χ0) is 10.6. The van der Waals surface area contributed by atoms with E-state index >= 15 is 0 Å². The van der Waals surface area contributed by atoms with E-state index in [0.717, 1.165) is 17.5 Å². The van der Waals surface area contributed by atoms with Crippen molar-refractivity contribution in [1.29, 1.82) is 0 Å². The van der Waals surface area contributed by atoms with Crippen LogP contribution in [0.1, 0.15) is 30.5 Å². The van der Waals surface area contributed by atoms with Gasteiger partial charge in [0.2, 0.25) is 0 Å². The first-order valence-electron chi connectivity index (χ1n) is 4.73. The van der Waals surface area contributed by atoms with Crippen molar-refractivity contribution >= 4 is 0 Å². The van der Waals surface area contributed by atoms with E-state index in [4.69, 9.17) is 12.8 Å². The molecule has 1 aromatic carbocycles. The second-order valence-corrected chi connectivity index (χ2v) is 3.81. The van der Waals surface area contributed by atoms with Crippen LogP contribution in [0.25, 0.3) is 0 Å². The highest BCUT2D eigenvalue weighted by molar-refractivity contribution is 5.45. The van der Waals surface area contributed by atoms with Crippen LogP contribution in [0.2, 0.25) is 0 Å². The first-order valence-corrected chi connectivity index (χ1v) is 4.73. The molecule has 0 amide bonds. The number of hydrogen-bond acceptors (Lipinski definition) is 0. The Kier molecular flexibility index (Phi) is 3.38. The summed E-state index contributed by atoms with van der Waals surface area (Å²) in [7, 11) is 0. The molecule has 0 atom stereocenters. The van der Waals surface area contributed by atoms with Gasteiger partial charge >= 0.3 is 0 Å². The second kappa shape index (κ2) is 4.54. The van der Waals surface area contributed by atoms with E-state index in [0.29, 0.717) is 5.92 Å². The summed E-state index contributed by atoms with van der Waals surface area (Å²) in [5, 5.41) is 0. The van der Waals surface area contributed by atoms with Gasteiger partial charge in [-0.05, 0) is 36.1 Å². The molecule has 0 unspecified atom stereocenters. The zero-order valence-electron chi connectivity index (χ0n) is 8.67. The van der Waals surface area contributed by atoms with Gasteiger partial charge in [-0.3, -0.25) is 0 Å². The molecule has 0 saturated carbocycles. The normalized spacial score (nSPS) is 9.50. The van der Waals surface area contributed by atoms with Crippen molar-refractivity contribution in [2.75, 3.05) is 0 Å². The molecular weight excluding hydrogens is 168 g/mol. The summed E-state index contributed by atoms with van der Waals surface area (Å²) in [5.74, 6) is 5.86. The Hall–Kier alpha value is -1.66. The van der Waals surface area contributed by atoms with E-state index in [9.17, 15) is 0 Å². The molecule has 0 aliphatic rings. The van der Waals surface area contributed by atoms with E-state index < -0.39 is 0 Å². The summed E-state index contributed by atoms with van der Waals surface area (Å²) in [4.78, 5) is 0. The first kappa shape index (κ1) is 10.4. The third-order valence-corrected chi connectivity index (χ3v) is 1.97. The predicted octanol–water partition coefficient (Wildman–Crippen LogP) is 2.85. The van der Waals surface area contributed by atoms with Gasteiger partial charge in [-0.1, -0.05) is 25.7 Å². The average molecular weight is 182 g/mol. The van der Waals surface area contributed by atoms with Crippen molar-refractivity contribution in [3.8, 4) is 24.7 Å². The van der Waals surface area contributed by atoms with Gasteiger partial charge in [0.05, 0.1) is 0 Å². The van der Waals surface area contributed by atoms with E-state index in [1.54, 1.807) is 0 Å². The van der Waals surface area contributed by atoms with Crippen molar-refractivity contribution in [3.63, 3.8) is 0 Å².